The predicted molar refractivity (Wildman–Crippen MR) is 235 cm³/mol. The van der Waals surface area contributed by atoms with Crippen molar-refractivity contribution in [1.82, 2.24) is 40.4 Å². The van der Waals surface area contributed by atoms with E-state index >= 15 is 0 Å². The van der Waals surface area contributed by atoms with E-state index in [1.54, 1.807) is 22.2 Å². The minimum absolute atomic E-state index is 0.0167. The largest absolute Gasteiger partial charge is 0.493 e. The molecule has 4 amide bonds. The predicted octanol–water partition coefficient (Wildman–Crippen LogP) is 5.93. The van der Waals surface area contributed by atoms with Crippen LogP contribution in [0.1, 0.15) is 81.5 Å². The van der Waals surface area contributed by atoms with E-state index in [4.69, 9.17) is 33.4 Å². The first kappa shape index (κ1) is 46.0. The van der Waals surface area contributed by atoms with E-state index in [2.05, 4.69) is 49.9 Å². The summed E-state index contributed by atoms with van der Waals surface area (Å²) in [4.78, 5) is 71.5. The Bertz CT molecular complexity index is 2190. The second-order valence-electron chi connectivity index (χ2n) is 16.3. The first-order valence-corrected chi connectivity index (χ1v) is 22.1. The van der Waals surface area contributed by atoms with Crippen LogP contribution in [0, 0.1) is 0 Å². The number of methoxy groups -OCH3 is 4. The van der Waals surface area contributed by atoms with E-state index < -0.39 is 30.3 Å². The van der Waals surface area contributed by atoms with Crippen LogP contribution in [0.3, 0.4) is 0 Å². The number of hydrogen-bond acceptors (Lipinski definition) is 12. The van der Waals surface area contributed by atoms with Crippen LogP contribution < -0.4 is 15.4 Å². The van der Waals surface area contributed by atoms with Crippen LogP contribution in [0.25, 0.3) is 33.6 Å². The van der Waals surface area contributed by atoms with Crippen molar-refractivity contribution in [1.29, 1.82) is 0 Å². The van der Waals surface area contributed by atoms with Gasteiger partial charge in [-0.2, -0.15) is 0 Å². The topological polar surface area (TPSA) is 212 Å². The van der Waals surface area contributed by atoms with Crippen molar-refractivity contribution >= 4 is 24.0 Å². The molecule has 0 spiro atoms. The minimum Gasteiger partial charge on any atom is -0.493 e. The number of likely N-dealkylation sites (tertiary alicyclic amines) is 2. The van der Waals surface area contributed by atoms with Gasteiger partial charge in [-0.1, -0.05) is 56.0 Å². The maximum atomic E-state index is 14.0. The monoisotopic (exact) mass is 884 g/mol. The van der Waals surface area contributed by atoms with E-state index in [9.17, 15) is 19.2 Å². The van der Waals surface area contributed by atoms with Gasteiger partial charge in [0.1, 0.15) is 29.5 Å². The fraction of sp³-hybridized carbons (Fsp3) is 0.522. The number of alkyl carbamates (subject to hydrolysis) is 2. The molecule has 4 aromatic rings. The van der Waals surface area contributed by atoms with Gasteiger partial charge in [-0.25, -0.2) is 19.6 Å². The molecule has 0 radical (unpaired) electrons. The SMILES string of the molecule is COC[C@@H](NC(=O)OC)C(=O)N1CCC[C@H]1c1ncc(-c2ccc(-c3ccc4c(c3)OCCCCCCCCO[C@H]3C[C@@H](c5ncc-4[nH]5)N(C(=O)[C@@H](COC)NC(=O)OC)C3)cc2)[nH]1. The Morgan fingerprint density at radius 1 is 0.703 bits per heavy atom. The van der Waals surface area contributed by atoms with E-state index in [0.717, 1.165) is 85.0 Å². The third kappa shape index (κ3) is 11.0. The van der Waals surface area contributed by atoms with E-state index in [1.807, 2.05) is 18.2 Å². The third-order valence-corrected chi connectivity index (χ3v) is 12.1. The number of ether oxygens (including phenoxy) is 6. The number of fused-ring (bicyclic) bond motifs is 7. The Balaban J connectivity index is 1.11. The van der Waals surface area contributed by atoms with E-state index in [-0.39, 0.29) is 37.2 Å². The second-order valence-corrected chi connectivity index (χ2v) is 16.3. The molecule has 3 aliphatic rings. The molecule has 2 saturated heterocycles. The molecule has 2 aromatic heterocycles. The van der Waals surface area contributed by atoms with Crippen molar-refractivity contribution in [2.45, 2.75) is 88.1 Å². The zero-order valence-electron chi connectivity index (χ0n) is 37.1. The number of benzene rings is 2. The van der Waals surface area contributed by atoms with Crippen LogP contribution in [-0.4, -0.2) is 140 Å². The summed E-state index contributed by atoms with van der Waals surface area (Å²) >= 11 is 0. The van der Waals surface area contributed by atoms with Gasteiger partial charge in [0, 0.05) is 45.9 Å². The molecule has 4 bridgehead atoms. The number of aromatic amines is 2. The number of amides is 4. The Kier molecular flexibility index (Phi) is 15.9. The highest BCUT2D eigenvalue weighted by Gasteiger charge is 2.42. The Morgan fingerprint density at radius 2 is 1.28 bits per heavy atom. The first-order chi connectivity index (χ1) is 31.2. The minimum atomic E-state index is -0.952. The molecule has 2 aromatic carbocycles. The zero-order chi connectivity index (χ0) is 45.0. The average molecular weight is 885 g/mol. The lowest BCUT2D eigenvalue weighted by molar-refractivity contribution is -0.136. The molecule has 18 heteroatoms. The Morgan fingerprint density at radius 3 is 1.95 bits per heavy atom. The number of nitrogens with zero attached hydrogens (tertiary/aromatic N) is 4. The summed E-state index contributed by atoms with van der Waals surface area (Å²) in [6.07, 6.45) is 10.2. The summed E-state index contributed by atoms with van der Waals surface area (Å²) in [5.41, 5.74) is 5.30. The average Bonchev–Trinajstić information content (AvgIpc) is 4.16. The highest BCUT2D eigenvalue weighted by Crippen LogP contribution is 2.38. The van der Waals surface area contributed by atoms with Crippen LogP contribution in [0.4, 0.5) is 9.59 Å². The molecule has 0 aliphatic carbocycles. The first-order valence-electron chi connectivity index (χ1n) is 22.1. The molecule has 5 heterocycles. The van der Waals surface area contributed by atoms with Gasteiger partial charge in [0.25, 0.3) is 0 Å². The normalized spacial score (nSPS) is 20.2. The number of carbonyl (C=O) groups is 4. The van der Waals surface area contributed by atoms with Crippen LogP contribution in [0.5, 0.6) is 5.75 Å². The molecule has 5 atom stereocenters. The molecule has 3 aliphatic heterocycles. The smallest absolute Gasteiger partial charge is 0.407 e. The van der Waals surface area contributed by atoms with Crippen molar-refractivity contribution in [2.24, 2.45) is 0 Å². The lowest BCUT2D eigenvalue weighted by Gasteiger charge is -2.27. The van der Waals surface area contributed by atoms with Crippen LogP contribution in [0.15, 0.2) is 54.9 Å². The number of rotatable bonds is 11. The molecule has 344 valence electrons. The number of hydrogen-bond donors (Lipinski definition) is 4. The summed E-state index contributed by atoms with van der Waals surface area (Å²) in [5.74, 6) is 1.43. The van der Waals surface area contributed by atoms with E-state index in [1.165, 1.54) is 28.4 Å². The summed E-state index contributed by atoms with van der Waals surface area (Å²) in [7, 11) is 5.46. The molecular formula is C46H60N8O10. The van der Waals surface area contributed by atoms with Gasteiger partial charge in [-0.05, 0) is 54.5 Å². The molecule has 18 nitrogen and oxygen atoms in total. The highest BCUT2D eigenvalue weighted by atomic mass is 16.5. The summed E-state index contributed by atoms with van der Waals surface area (Å²) in [6.45, 7) is 2.04. The maximum absolute atomic E-state index is 14.0. The van der Waals surface area contributed by atoms with Crippen molar-refractivity contribution in [2.75, 3.05) is 68.0 Å². The second kappa shape index (κ2) is 22.1. The fourth-order valence-electron chi connectivity index (χ4n) is 8.75. The van der Waals surface area contributed by atoms with Crippen molar-refractivity contribution in [3.05, 3.63) is 66.5 Å². The number of aromatic nitrogens is 4. The summed E-state index contributed by atoms with van der Waals surface area (Å²) in [5, 5.41) is 5.20. The molecular weight excluding hydrogens is 825 g/mol. The summed E-state index contributed by atoms with van der Waals surface area (Å²) < 4.78 is 32.9. The number of H-pyrrole nitrogens is 2. The number of carbonyl (C=O) groups excluding carboxylic acids is 4. The van der Waals surface area contributed by atoms with Gasteiger partial charge in [-0.3, -0.25) is 9.59 Å². The van der Waals surface area contributed by atoms with Crippen LogP contribution in [0.2, 0.25) is 0 Å². The maximum Gasteiger partial charge on any atom is 0.407 e. The van der Waals surface area contributed by atoms with Crippen LogP contribution in [-0.2, 0) is 33.3 Å². The molecule has 64 heavy (non-hydrogen) atoms. The molecule has 0 unspecified atom stereocenters. The van der Waals surface area contributed by atoms with E-state index in [0.29, 0.717) is 50.1 Å². The van der Waals surface area contributed by atoms with Crippen molar-refractivity contribution in [3.63, 3.8) is 0 Å². The Hall–Kier alpha value is -5.98. The quantitative estimate of drug-likeness (QED) is 0.138. The van der Waals surface area contributed by atoms with Crippen molar-refractivity contribution < 1.29 is 47.6 Å². The van der Waals surface area contributed by atoms with Gasteiger partial charge in [0.15, 0.2) is 0 Å². The third-order valence-electron chi connectivity index (χ3n) is 12.1. The standard InChI is InChI=1S/C46H60N8O10/c1-59-27-36(51-45(57)61-3)43(55)53-19-11-12-38(53)41-47-24-34(49-41)30-15-13-29(14-16-30)31-17-18-33-35-25-48-42(50-35)39-23-32(26-54(39)44(56)37(28-60-2)52-46(58)62-4)63-20-9-7-5-6-8-10-21-64-40(33)22-31/h13-18,22,24-25,32,36-39H,5-12,19-21,23,26-28H2,1-4H3,(H,47,49)(H,48,50)(H,51,57)(H,52,58)/t32-,36+,37+,38-,39-/m0/s1. The zero-order valence-corrected chi connectivity index (χ0v) is 37.1. The fourth-order valence-corrected chi connectivity index (χ4v) is 8.75. The summed E-state index contributed by atoms with van der Waals surface area (Å²) in [6, 6.07) is 11.8. The molecule has 7 rings (SSSR count). The van der Waals surface area contributed by atoms with Gasteiger partial charge in [0.2, 0.25) is 11.8 Å². The lowest BCUT2D eigenvalue weighted by Crippen LogP contribution is -2.51. The molecule has 0 saturated carbocycles. The Labute approximate surface area is 373 Å². The van der Waals surface area contributed by atoms with Crippen LogP contribution >= 0.6 is 0 Å². The van der Waals surface area contributed by atoms with Crippen molar-refractivity contribution in [3.8, 4) is 39.4 Å². The van der Waals surface area contributed by atoms with Gasteiger partial charge in [0.05, 0.1) is 76.0 Å². The molecule has 4 N–H and O–H groups in total. The lowest BCUT2D eigenvalue weighted by atomic mass is 10.00. The molecule has 2 fully saturated rings. The number of nitrogens with one attached hydrogen (secondary N) is 4. The highest BCUT2D eigenvalue weighted by molar-refractivity contribution is 5.87. The van der Waals surface area contributed by atoms with Gasteiger partial charge in [-0.15, -0.1) is 0 Å². The number of imidazole rings is 2. The van der Waals surface area contributed by atoms with Gasteiger partial charge >= 0.3 is 12.2 Å². The van der Waals surface area contributed by atoms with Gasteiger partial charge < -0.3 is 58.8 Å².